The van der Waals surface area contributed by atoms with Gasteiger partial charge in [-0.15, -0.1) is 10.2 Å². The molecule has 1 N–H and O–H groups in total. The first-order valence-corrected chi connectivity index (χ1v) is 10.4. The highest BCUT2D eigenvalue weighted by Crippen LogP contribution is 2.31. The Kier molecular flexibility index (Phi) is 7.21. The van der Waals surface area contributed by atoms with E-state index in [9.17, 15) is 18.0 Å². The summed E-state index contributed by atoms with van der Waals surface area (Å²) >= 11 is 1.03. The van der Waals surface area contributed by atoms with Crippen LogP contribution in [0, 0.1) is 0 Å². The van der Waals surface area contributed by atoms with Crippen LogP contribution in [-0.4, -0.2) is 45.2 Å². The van der Waals surface area contributed by atoms with Crippen LogP contribution < -0.4 is 10.1 Å². The molecule has 0 aliphatic heterocycles. The normalized spacial score (nSPS) is 12.4. The van der Waals surface area contributed by atoms with E-state index in [0.29, 0.717) is 23.3 Å². The van der Waals surface area contributed by atoms with E-state index in [4.69, 9.17) is 4.74 Å². The van der Waals surface area contributed by atoms with E-state index in [1.165, 1.54) is 6.92 Å². The molecule has 1 amide bonds. The minimum atomic E-state index is -4.47. The molecule has 0 fully saturated rings. The lowest BCUT2D eigenvalue weighted by Gasteiger charge is -2.15. The summed E-state index contributed by atoms with van der Waals surface area (Å²) in [6.07, 6.45) is -4.47. The van der Waals surface area contributed by atoms with Gasteiger partial charge >= 0.3 is 6.18 Å². The van der Waals surface area contributed by atoms with Crippen molar-refractivity contribution in [3.63, 3.8) is 0 Å². The molecule has 0 radical (unpaired) electrons. The zero-order chi connectivity index (χ0) is 22.4. The Morgan fingerprint density at radius 2 is 1.81 bits per heavy atom. The quantitative estimate of drug-likeness (QED) is 0.512. The molecule has 1 atom stereocenters. The van der Waals surface area contributed by atoms with Gasteiger partial charge < -0.3 is 10.1 Å². The van der Waals surface area contributed by atoms with Gasteiger partial charge in [0, 0.05) is 11.3 Å². The smallest absolute Gasteiger partial charge is 0.405 e. The third-order valence-corrected chi connectivity index (χ3v) is 5.23. The van der Waals surface area contributed by atoms with E-state index in [2.05, 4.69) is 10.2 Å². The van der Waals surface area contributed by atoms with Gasteiger partial charge in [-0.3, -0.25) is 9.36 Å². The highest BCUT2D eigenvalue weighted by molar-refractivity contribution is 8.00. The van der Waals surface area contributed by atoms with Crippen LogP contribution in [0.3, 0.4) is 0 Å². The van der Waals surface area contributed by atoms with Crippen LogP contribution in [-0.2, 0) is 4.79 Å². The van der Waals surface area contributed by atoms with Crippen molar-refractivity contribution < 1.29 is 22.7 Å². The number of nitrogens with one attached hydrogen (secondary N) is 1. The number of carbonyl (C=O) groups is 1. The molecule has 2 aromatic carbocycles. The summed E-state index contributed by atoms with van der Waals surface area (Å²) < 4.78 is 44.5. The maximum atomic E-state index is 12.4. The van der Waals surface area contributed by atoms with Crippen molar-refractivity contribution >= 4 is 17.7 Å². The number of nitrogens with zero attached hydrogens (tertiary/aromatic N) is 3. The third kappa shape index (κ3) is 6.00. The second-order valence-corrected chi connectivity index (χ2v) is 7.84. The molecule has 10 heteroatoms. The number of halogens is 3. The molecular weight excluding hydrogens is 429 g/mol. The van der Waals surface area contributed by atoms with E-state index in [0.717, 1.165) is 23.0 Å². The summed E-state index contributed by atoms with van der Waals surface area (Å²) in [4.78, 5) is 12.1. The van der Waals surface area contributed by atoms with Gasteiger partial charge in [-0.1, -0.05) is 42.1 Å². The summed E-state index contributed by atoms with van der Waals surface area (Å²) in [7, 11) is 0. The molecule has 0 saturated heterocycles. The first-order valence-electron chi connectivity index (χ1n) is 9.53. The van der Waals surface area contributed by atoms with Gasteiger partial charge in [0.05, 0.1) is 11.9 Å². The van der Waals surface area contributed by atoms with E-state index in [1.54, 1.807) is 4.57 Å². The van der Waals surface area contributed by atoms with Crippen molar-refractivity contribution in [2.75, 3.05) is 13.2 Å². The molecule has 1 heterocycles. The van der Waals surface area contributed by atoms with Crippen molar-refractivity contribution in [3.05, 3.63) is 54.6 Å². The van der Waals surface area contributed by atoms with Crippen LogP contribution in [0.5, 0.6) is 5.75 Å². The highest BCUT2D eigenvalue weighted by Gasteiger charge is 2.29. The number of rotatable bonds is 8. The zero-order valence-electron chi connectivity index (χ0n) is 16.9. The average Bonchev–Trinajstić information content (AvgIpc) is 3.16. The summed E-state index contributed by atoms with van der Waals surface area (Å²) in [6.45, 7) is 2.57. The standard InChI is InChI=1S/C21H21F3N4O2S/c1-3-30-17-11-9-16(10-12-17)28-18(15-7-5-4-6-8-15)26-27-20(28)31-14(2)19(29)25-13-21(22,23)24/h4-12,14H,3,13H2,1-2H3,(H,25,29). The molecule has 6 nitrogen and oxygen atoms in total. The van der Waals surface area contributed by atoms with Crippen LogP contribution in [0.15, 0.2) is 59.8 Å². The van der Waals surface area contributed by atoms with Gasteiger partial charge in [-0.05, 0) is 38.1 Å². The number of amides is 1. The number of aromatic nitrogens is 3. The fourth-order valence-corrected chi connectivity index (χ4v) is 3.65. The summed E-state index contributed by atoms with van der Waals surface area (Å²) in [5.41, 5.74) is 1.54. The zero-order valence-corrected chi connectivity index (χ0v) is 17.7. The first kappa shape index (κ1) is 22.7. The van der Waals surface area contributed by atoms with Crippen LogP contribution in [0.4, 0.5) is 13.2 Å². The Balaban J connectivity index is 1.91. The van der Waals surface area contributed by atoms with Crippen molar-refractivity contribution in [1.29, 1.82) is 0 Å². The predicted octanol–water partition coefficient (Wildman–Crippen LogP) is 4.49. The van der Waals surface area contributed by atoms with E-state index >= 15 is 0 Å². The summed E-state index contributed by atoms with van der Waals surface area (Å²) in [5, 5.41) is 9.95. The largest absolute Gasteiger partial charge is 0.494 e. The second-order valence-electron chi connectivity index (χ2n) is 6.53. The Morgan fingerprint density at radius 1 is 1.13 bits per heavy atom. The van der Waals surface area contributed by atoms with Gasteiger partial charge in [-0.25, -0.2) is 0 Å². The molecule has 0 saturated carbocycles. The van der Waals surface area contributed by atoms with Crippen molar-refractivity contribution in [2.45, 2.75) is 30.4 Å². The number of hydrogen-bond acceptors (Lipinski definition) is 5. The maximum absolute atomic E-state index is 12.4. The minimum Gasteiger partial charge on any atom is -0.494 e. The summed E-state index contributed by atoms with van der Waals surface area (Å²) in [6, 6.07) is 16.6. The van der Waals surface area contributed by atoms with Gasteiger partial charge in [0.25, 0.3) is 0 Å². The predicted molar refractivity (Wildman–Crippen MR) is 112 cm³/mol. The number of ether oxygens (including phenoxy) is 1. The number of thioether (sulfide) groups is 1. The van der Waals surface area contributed by atoms with Crippen molar-refractivity contribution in [1.82, 2.24) is 20.1 Å². The topological polar surface area (TPSA) is 69.0 Å². The molecule has 1 unspecified atom stereocenters. The first-order chi connectivity index (χ1) is 14.8. The maximum Gasteiger partial charge on any atom is 0.405 e. The van der Waals surface area contributed by atoms with Crippen molar-refractivity contribution in [3.8, 4) is 22.8 Å². The van der Waals surface area contributed by atoms with Crippen LogP contribution in [0.25, 0.3) is 17.1 Å². The Hall–Kier alpha value is -3.01. The van der Waals surface area contributed by atoms with E-state index < -0.39 is 23.9 Å². The lowest BCUT2D eigenvalue weighted by atomic mass is 10.2. The number of carbonyl (C=O) groups excluding carboxylic acids is 1. The molecule has 3 rings (SSSR count). The van der Waals surface area contributed by atoms with E-state index in [-0.39, 0.29) is 0 Å². The van der Waals surface area contributed by atoms with E-state index in [1.807, 2.05) is 66.8 Å². The van der Waals surface area contributed by atoms with Crippen molar-refractivity contribution in [2.24, 2.45) is 0 Å². The molecular formula is C21H21F3N4O2S. The average molecular weight is 450 g/mol. The van der Waals surface area contributed by atoms with Crippen LogP contribution >= 0.6 is 11.8 Å². The van der Waals surface area contributed by atoms with Gasteiger partial charge in [-0.2, -0.15) is 13.2 Å². The van der Waals surface area contributed by atoms with Gasteiger partial charge in [0.15, 0.2) is 11.0 Å². The fourth-order valence-electron chi connectivity index (χ4n) is 2.75. The molecule has 0 spiro atoms. The Bertz CT molecular complexity index is 1010. The summed E-state index contributed by atoms with van der Waals surface area (Å²) in [5.74, 6) is 0.523. The molecule has 0 bridgehead atoms. The molecule has 3 aromatic rings. The molecule has 31 heavy (non-hydrogen) atoms. The van der Waals surface area contributed by atoms with Crippen LogP contribution in [0.2, 0.25) is 0 Å². The molecule has 1 aromatic heterocycles. The third-order valence-electron chi connectivity index (χ3n) is 4.19. The van der Waals surface area contributed by atoms with Gasteiger partial charge in [0.2, 0.25) is 5.91 Å². The number of alkyl halides is 3. The Morgan fingerprint density at radius 3 is 2.42 bits per heavy atom. The molecule has 0 aliphatic rings. The number of hydrogen-bond donors (Lipinski definition) is 1. The molecule has 164 valence electrons. The monoisotopic (exact) mass is 450 g/mol. The highest BCUT2D eigenvalue weighted by atomic mass is 32.2. The second kappa shape index (κ2) is 9.86. The van der Waals surface area contributed by atoms with Gasteiger partial charge in [0.1, 0.15) is 12.3 Å². The van der Waals surface area contributed by atoms with Crippen LogP contribution in [0.1, 0.15) is 13.8 Å². The SMILES string of the molecule is CCOc1ccc(-n2c(SC(C)C(=O)NCC(F)(F)F)nnc2-c2ccccc2)cc1. The lowest BCUT2D eigenvalue weighted by molar-refractivity contribution is -0.137. The Labute approximate surface area is 181 Å². The fraction of sp³-hybridized carbons (Fsp3) is 0.286. The molecule has 0 aliphatic carbocycles. The lowest BCUT2D eigenvalue weighted by Crippen LogP contribution is -2.38. The minimum absolute atomic E-state index is 0.387. The number of benzene rings is 2.